The summed E-state index contributed by atoms with van der Waals surface area (Å²) in [6, 6.07) is 0. The summed E-state index contributed by atoms with van der Waals surface area (Å²) in [4.78, 5) is 46.3. The Labute approximate surface area is 436 Å². The summed E-state index contributed by atoms with van der Waals surface area (Å²) in [5.41, 5.74) is 2.01. The van der Waals surface area contributed by atoms with Crippen molar-refractivity contribution in [1.29, 1.82) is 0 Å². The molecule has 2 heterocycles. The number of aliphatic hydroxyl groups is 1. The molecule has 4 amide bonds. The fraction of sp³-hybridized carbons (Fsp3) is 0.415. The van der Waals surface area contributed by atoms with Gasteiger partial charge in [-0.2, -0.15) is 0 Å². The van der Waals surface area contributed by atoms with Gasteiger partial charge in [0.1, 0.15) is 0 Å². The third kappa shape index (κ3) is 25.8. The van der Waals surface area contributed by atoms with Crippen LogP contribution >= 0.6 is 47.5 Å². The molecule has 2 aliphatic carbocycles. The molecule has 2 aliphatic heterocycles. The van der Waals surface area contributed by atoms with Crippen LogP contribution in [0.5, 0.6) is 0 Å². The molecule has 4 rings (SSSR count). The second kappa shape index (κ2) is 40.7. The van der Waals surface area contributed by atoms with Crippen molar-refractivity contribution in [3.05, 3.63) is 73.7 Å². The summed E-state index contributed by atoms with van der Waals surface area (Å²) in [5, 5.41) is 12.5. The van der Waals surface area contributed by atoms with E-state index < -0.39 is 5.25 Å². The third-order valence-corrected chi connectivity index (χ3v) is 12.5. The van der Waals surface area contributed by atoms with Gasteiger partial charge in [0.2, 0.25) is 0 Å². The molecular formula is C41H53IN2O6S2W2Y2-6. The van der Waals surface area contributed by atoms with Crippen molar-refractivity contribution in [1.82, 2.24) is 10.6 Å². The van der Waals surface area contributed by atoms with Gasteiger partial charge in [-0.25, -0.2) is 0 Å². The van der Waals surface area contributed by atoms with Gasteiger partial charge in [-0.15, -0.1) is 24.0 Å². The topological polar surface area (TPSA) is 122 Å². The summed E-state index contributed by atoms with van der Waals surface area (Å²) in [6.07, 6.45) is 14.8. The molecule has 4 aliphatic rings. The zero-order valence-electron chi connectivity index (χ0n) is 31.4. The maximum atomic E-state index is 11.9. The summed E-state index contributed by atoms with van der Waals surface area (Å²) in [6.45, 7) is 22.5. The van der Waals surface area contributed by atoms with E-state index in [2.05, 4.69) is 65.4 Å². The minimum absolute atomic E-state index is 0. The molecule has 0 aromatic carbocycles. The molecular weight excluding hydrogens is 1350 g/mol. The van der Waals surface area contributed by atoms with Crippen molar-refractivity contribution in [2.24, 2.45) is 11.8 Å². The summed E-state index contributed by atoms with van der Waals surface area (Å²) in [7, 11) is 1.53. The first-order chi connectivity index (χ1) is 24.4. The number of thioether (sulfide) groups is 2. The van der Waals surface area contributed by atoms with Crippen LogP contribution in [0, 0.1) is 86.2 Å². The first kappa shape index (κ1) is 68.0. The van der Waals surface area contributed by atoms with E-state index >= 15 is 0 Å². The molecule has 306 valence electrons. The second-order valence-electron chi connectivity index (χ2n) is 9.71. The second-order valence-corrected chi connectivity index (χ2v) is 15.1. The fourth-order valence-corrected chi connectivity index (χ4v) is 9.67. The first-order valence-corrected chi connectivity index (χ1v) is 20.8. The Morgan fingerprint density at radius 1 is 0.768 bits per heavy atom. The van der Waals surface area contributed by atoms with Gasteiger partial charge in [0.05, 0.1) is 0 Å². The molecule has 15 heteroatoms. The molecule has 3 N–H and O–H groups in total. The molecule has 2 saturated heterocycles. The Morgan fingerprint density at radius 2 is 1.12 bits per heavy atom. The molecule has 0 aromatic rings. The van der Waals surface area contributed by atoms with Crippen molar-refractivity contribution < 1.29 is 133 Å². The molecule has 4 fully saturated rings. The van der Waals surface area contributed by atoms with Gasteiger partial charge in [-0.1, -0.05) is 54.4 Å². The molecule has 0 aromatic heterocycles. The number of halogens is 1. The Bertz CT molecular complexity index is 1560. The van der Waals surface area contributed by atoms with E-state index in [1.807, 2.05) is 40.2 Å². The summed E-state index contributed by atoms with van der Waals surface area (Å²) >= 11 is 4.60. The number of amides is 4. The smallest absolute Gasteiger partial charge is 0 e. The van der Waals surface area contributed by atoms with E-state index in [4.69, 9.17) is 17.9 Å². The Morgan fingerprint density at radius 3 is 1.41 bits per heavy atom. The number of allylic oxidation sites excluding steroid dienone is 4. The number of rotatable bonds is 5. The normalized spacial score (nSPS) is 21.5. The average molecular weight is 1410 g/mol. The molecule has 0 bridgehead atoms. The van der Waals surface area contributed by atoms with E-state index in [9.17, 15) is 24.3 Å². The quantitative estimate of drug-likeness (QED) is 0.0826. The average Bonchev–Trinajstić information content (AvgIpc) is 3.49. The SMILES string of the molecule is C.C.CC.CC.CC#CC#CC#CC.I.[CH-]=C(C=C1C[CH-]C[CH-]C(C2SC(=O)NC2=O)[C]1=[W])OC.[CH-]=C(O)C=C1C[CH-]C[CH-]C(C2SC(=O)NC2=O)[C]1=[W].[Y].[Y]. The number of ether oxygens (including phenoxy) is 1. The number of hydrogen-bond acceptors (Lipinski definition) is 8. The van der Waals surface area contributed by atoms with E-state index in [0.717, 1.165) is 61.7 Å². The molecule has 2 radical (unpaired) electrons. The van der Waals surface area contributed by atoms with Gasteiger partial charge in [0.15, 0.2) is 0 Å². The van der Waals surface area contributed by atoms with Crippen LogP contribution in [0.15, 0.2) is 34.8 Å². The Hall–Kier alpha value is 0.274. The number of hydrogen-bond donors (Lipinski definition) is 3. The predicted octanol–water partition coefficient (Wildman–Crippen LogP) is 8.42. The van der Waals surface area contributed by atoms with Crippen LogP contribution in [0.3, 0.4) is 0 Å². The van der Waals surface area contributed by atoms with Crippen molar-refractivity contribution >= 4 is 77.6 Å². The number of imide groups is 2. The third-order valence-electron chi connectivity index (χ3n) is 6.48. The number of carbonyl (C=O) groups is 4. The van der Waals surface area contributed by atoms with Gasteiger partial charge in [-0.3, -0.25) is 0 Å². The molecule has 2 saturated carbocycles. The van der Waals surface area contributed by atoms with Crippen LogP contribution in [-0.4, -0.2) is 52.8 Å². The molecule has 56 heavy (non-hydrogen) atoms. The zero-order chi connectivity index (χ0) is 38.9. The Balaban J connectivity index is -0.000000163. The van der Waals surface area contributed by atoms with Crippen LogP contribution in [0.2, 0.25) is 0 Å². The van der Waals surface area contributed by atoms with Crippen molar-refractivity contribution in [3.8, 4) is 35.5 Å². The number of aliphatic hydroxyl groups excluding tert-OH is 1. The number of carbonyl (C=O) groups excluding carboxylic acids is 4. The predicted molar refractivity (Wildman–Crippen MR) is 230 cm³/mol. The van der Waals surface area contributed by atoms with E-state index in [0.29, 0.717) is 12.2 Å². The van der Waals surface area contributed by atoms with Gasteiger partial charge in [0, 0.05) is 65.4 Å². The van der Waals surface area contributed by atoms with E-state index in [1.165, 1.54) is 51.9 Å². The van der Waals surface area contributed by atoms with Crippen molar-refractivity contribution in [3.63, 3.8) is 0 Å². The van der Waals surface area contributed by atoms with Crippen LogP contribution < -0.4 is 10.6 Å². The molecule has 4 unspecified atom stereocenters. The zero-order valence-corrected chi connectivity index (χ0v) is 46.9. The fourth-order valence-electron chi connectivity index (χ4n) is 4.40. The monoisotopic (exact) mass is 1410 g/mol. The maximum absolute atomic E-state index is 11.9. The minimum atomic E-state index is -0.408. The van der Waals surface area contributed by atoms with Crippen LogP contribution in [0.1, 0.15) is 82.1 Å². The summed E-state index contributed by atoms with van der Waals surface area (Å²) < 4.78 is 7.18. The molecule has 4 atom stereocenters. The maximum Gasteiger partial charge on any atom is 0 e. The van der Waals surface area contributed by atoms with E-state index in [1.54, 1.807) is 13.8 Å². The number of methoxy groups -OCH3 is 1. The Kier molecular flexibility index (Phi) is 49.4. The van der Waals surface area contributed by atoms with Crippen LogP contribution in [0.25, 0.3) is 0 Å². The molecule has 0 spiro atoms. The minimum Gasteiger partial charge on any atom is 0 e. The van der Waals surface area contributed by atoms with Gasteiger partial charge < -0.3 is 0 Å². The number of nitrogens with one attached hydrogen (secondary N) is 2. The van der Waals surface area contributed by atoms with Crippen LogP contribution in [-0.2, 0) is 118 Å². The first-order valence-electron chi connectivity index (χ1n) is 16.1. The van der Waals surface area contributed by atoms with E-state index in [-0.39, 0.29) is 149 Å². The van der Waals surface area contributed by atoms with Crippen molar-refractivity contribution in [2.75, 3.05) is 7.11 Å². The van der Waals surface area contributed by atoms with Crippen LogP contribution in [0.4, 0.5) is 9.59 Å². The van der Waals surface area contributed by atoms with Crippen molar-refractivity contribution in [2.45, 2.75) is 92.6 Å². The summed E-state index contributed by atoms with van der Waals surface area (Å²) in [5.74, 6) is 15.1. The van der Waals surface area contributed by atoms with Gasteiger partial charge in [-0.05, 0) is 37.5 Å². The molecule has 8 nitrogen and oxygen atoms in total. The largest absolute Gasteiger partial charge is 0 e. The standard InChI is InChI=1S/C14H14NO3S.C13H12NO3S.C8H6.2C2H6.2CH4.HI.2W.2Y/c1-9(18-2)7-10-5-3-4-6-11(8-10)12-13(16)15-14(17)19-12;1-8(15)6-9-4-2-3-5-10(7-9)11-12(16)14-13(17)18-11;1-3-5-7-8-6-4-2;2*1-2;;;;;;;/h1,3,6-7,11-12H,4-5H2,2H3,(H,15,16,17);1-2,5-6,10-11,15H,3-4H2,(H,14,16,17);1-2H3;2*1-2H3;2*1H4;1H;;;;/q2*-3;;;;;;;;;;. The van der Waals surface area contributed by atoms with Gasteiger partial charge >= 0.3 is 261 Å². The van der Waals surface area contributed by atoms with Gasteiger partial charge in [0.25, 0.3) is 0 Å².